The van der Waals surface area contributed by atoms with Crippen LogP contribution in [0.25, 0.3) is 0 Å². The Bertz CT molecular complexity index is 506. The number of methoxy groups -OCH3 is 1. The van der Waals surface area contributed by atoms with Crippen LogP contribution in [0.4, 0.5) is 11.4 Å². The van der Waals surface area contributed by atoms with Gasteiger partial charge < -0.3 is 15.4 Å². The fourth-order valence-corrected chi connectivity index (χ4v) is 3.48. The number of hydrogen-bond acceptors (Lipinski definition) is 4. The van der Waals surface area contributed by atoms with Crippen molar-refractivity contribution in [2.45, 2.75) is 31.3 Å². The predicted molar refractivity (Wildman–Crippen MR) is 83.6 cm³/mol. The van der Waals surface area contributed by atoms with Gasteiger partial charge in [-0.2, -0.15) is 0 Å². The Labute approximate surface area is 125 Å². The van der Waals surface area contributed by atoms with Crippen molar-refractivity contribution < 1.29 is 9.53 Å². The summed E-state index contributed by atoms with van der Waals surface area (Å²) in [7, 11) is 1.52. The second-order valence-corrected chi connectivity index (χ2v) is 5.85. The normalized spacial score (nSPS) is 24.8. The molecule has 2 saturated heterocycles. The summed E-state index contributed by atoms with van der Waals surface area (Å²) in [5, 5.41) is 6.47. The second-order valence-electron chi connectivity index (χ2n) is 5.85. The Morgan fingerprint density at radius 1 is 1.33 bits per heavy atom. The van der Waals surface area contributed by atoms with Crippen LogP contribution >= 0.6 is 0 Å². The van der Waals surface area contributed by atoms with Gasteiger partial charge in [0.1, 0.15) is 6.61 Å². The Balaban J connectivity index is 1.62. The van der Waals surface area contributed by atoms with E-state index in [1.807, 2.05) is 18.2 Å². The Morgan fingerprint density at radius 2 is 2.19 bits per heavy atom. The zero-order valence-electron chi connectivity index (χ0n) is 12.5. The number of rotatable bonds is 5. The van der Waals surface area contributed by atoms with Gasteiger partial charge in [-0.3, -0.25) is 9.69 Å². The molecule has 0 radical (unpaired) electrons. The van der Waals surface area contributed by atoms with Crippen molar-refractivity contribution in [1.29, 1.82) is 0 Å². The molecule has 2 aliphatic heterocycles. The van der Waals surface area contributed by atoms with Crippen LogP contribution in [0.3, 0.4) is 0 Å². The van der Waals surface area contributed by atoms with Crippen LogP contribution in [0.5, 0.6) is 0 Å². The molecule has 0 aromatic heterocycles. The van der Waals surface area contributed by atoms with Crippen LogP contribution in [0, 0.1) is 0 Å². The van der Waals surface area contributed by atoms with Gasteiger partial charge >= 0.3 is 0 Å². The van der Waals surface area contributed by atoms with Crippen LogP contribution in [0.15, 0.2) is 24.3 Å². The highest BCUT2D eigenvalue weighted by molar-refractivity contribution is 5.92. The van der Waals surface area contributed by atoms with Crippen molar-refractivity contribution in [3.8, 4) is 0 Å². The second kappa shape index (κ2) is 6.45. The molecule has 2 fully saturated rings. The summed E-state index contributed by atoms with van der Waals surface area (Å²) in [6.45, 7) is 2.53. The van der Waals surface area contributed by atoms with Crippen molar-refractivity contribution in [2.24, 2.45) is 0 Å². The molecule has 5 heteroatoms. The number of benzene rings is 1. The number of carbonyl (C=O) groups excluding carboxylic acids is 1. The maximum absolute atomic E-state index is 11.6. The van der Waals surface area contributed by atoms with E-state index in [-0.39, 0.29) is 12.5 Å². The fourth-order valence-electron chi connectivity index (χ4n) is 3.48. The number of ether oxygens (including phenoxy) is 1. The van der Waals surface area contributed by atoms with Crippen molar-refractivity contribution in [1.82, 2.24) is 4.90 Å². The van der Waals surface area contributed by atoms with Crippen LogP contribution < -0.4 is 10.6 Å². The van der Waals surface area contributed by atoms with E-state index in [0.717, 1.165) is 11.4 Å². The van der Waals surface area contributed by atoms with Crippen molar-refractivity contribution in [3.05, 3.63) is 24.3 Å². The Hall–Kier alpha value is -1.59. The minimum atomic E-state index is -0.127. The molecule has 2 N–H and O–H groups in total. The van der Waals surface area contributed by atoms with E-state index >= 15 is 0 Å². The topological polar surface area (TPSA) is 53.6 Å². The third kappa shape index (κ3) is 3.36. The first-order chi connectivity index (χ1) is 10.3. The third-order valence-corrected chi connectivity index (χ3v) is 4.38. The van der Waals surface area contributed by atoms with Gasteiger partial charge in [-0.25, -0.2) is 0 Å². The van der Waals surface area contributed by atoms with Gasteiger partial charge in [0, 0.05) is 37.1 Å². The number of hydrogen-bond donors (Lipinski definition) is 2. The largest absolute Gasteiger partial charge is 0.381 e. The highest BCUT2D eigenvalue weighted by Crippen LogP contribution is 2.30. The molecule has 1 amide bonds. The Kier molecular flexibility index (Phi) is 4.41. The summed E-state index contributed by atoms with van der Waals surface area (Å²) in [5.41, 5.74) is 1.88. The van der Waals surface area contributed by atoms with E-state index in [1.54, 1.807) is 0 Å². The van der Waals surface area contributed by atoms with Crippen LogP contribution in [0.1, 0.15) is 19.3 Å². The highest BCUT2D eigenvalue weighted by atomic mass is 16.5. The molecule has 5 nitrogen and oxygen atoms in total. The van der Waals surface area contributed by atoms with E-state index < -0.39 is 0 Å². The standard InChI is InChI=1S/C16H23N3O2/c1-21-11-16(20)18-13-5-2-4-12(10-13)17-14-7-9-19-8-3-6-15(14)19/h2,4-5,10,14-15,17H,3,6-9,11H2,1H3,(H,18,20). The molecule has 0 aliphatic carbocycles. The Morgan fingerprint density at radius 3 is 3.05 bits per heavy atom. The summed E-state index contributed by atoms with van der Waals surface area (Å²) in [6.07, 6.45) is 3.81. The van der Waals surface area contributed by atoms with Gasteiger partial charge in [0.2, 0.25) is 5.91 Å². The van der Waals surface area contributed by atoms with Crippen molar-refractivity contribution in [2.75, 3.05) is 37.4 Å². The number of fused-ring (bicyclic) bond motifs is 1. The lowest BCUT2D eigenvalue weighted by atomic mass is 10.1. The summed E-state index contributed by atoms with van der Waals surface area (Å²) in [4.78, 5) is 14.1. The first-order valence-electron chi connectivity index (χ1n) is 7.66. The number of carbonyl (C=O) groups is 1. The molecule has 1 aromatic carbocycles. The van der Waals surface area contributed by atoms with Crippen molar-refractivity contribution in [3.63, 3.8) is 0 Å². The van der Waals surface area contributed by atoms with E-state index in [4.69, 9.17) is 4.74 Å². The lowest BCUT2D eigenvalue weighted by Crippen LogP contribution is -2.33. The van der Waals surface area contributed by atoms with Crippen LogP contribution in [0.2, 0.25) is 0 Å². The number of amides is 1. The van der Waals surface area contributed by atoms with Crippen LogP contribution in [-0.2, 0) is 9.53 Å². The molecule has 2 atom stereocenters. The fraction of sp³-hybridized carbons (Fsp3) is 0.562. The average molecular weight is 289 g/mol. The molecule has 0 bridgehead atoms. The number of anilines is 2. The molecule has 2 aliphatic rings. The maximum atomic E-state index is 11.6. The molecule has 1 aromatic rings. The lowest BCUT2D eigenvalue weighted by Gasteiger charge is -2.22. The smallest absolute Gasteiger partial charge is 0.250 e. The minimum Gasteiger partial charge on any atom is -0.381 e. The van der Waals surface area contributed by atoms with E-state index in [9.17, 15) is 4.79 Å². The first-order valence-corrected chi connectivity index (χ1v) is 7.66. The zero-order chi connectivity index (χ0) is 14.7. The summed E-state index contributed by atoms with van der Waals surface area (Å²) < 4.78 is 4.83. The third-order valence-electron chi connectivity index (χ3n) is 4.38. The molecule has 2 heterocycles. The van der Waals surface area contributed by atoms with Gasteiger partial charge in [-0.1, -0.05) is 6.07 Å². The molecule has 21 heavy (non-hydrogen) atoms. The number of nitrogens with zero attached hydrogens (tertiary/aromatic N) is 1. The van der Waals surface area contributed by atoms with Gasteiger partial charge in [0.15, 0.2) is 0 Å². The summed E-state index contributed by atoms with van der Waals surface area (Å²) in [6, 6.07) is 9.12. The van der Waals surface area contributed by atoms with Crippen molar-refractivity contribution >= 4 is 17.3 Å². The minimum absolute atomic E-state index is 0.0807. The van der Waals surface area contributed by atoms with E-state index in [2.05, 4.69) is 21.6 Å². The quantitative estimate of drug-likeness (QED) is 0.869. The van der Waals surface area contributed by atoms with Gasteiger partial charge in [0.25, 0.3) is 0 Å². The average Bonchev–Trinajstić information content (AvgIpc) is 3.04. The maximum Gasteiger partial charge on any atom is 0.250 e. The lowest BCUT2D eigenvalue weighted by molar-refractivity contribution is -0.119. The molecular formula is C16H23N3O2. The molecular weight excluding hydrogens is 266 g/mol. The first kappa shape index (κ1) is 14.4. The molecule has 0 spiro atoms. The molecule has 114 valence electrons. The SMILES string of the molecule is COCC(=O)Nc1cccc(NC2CCN3CCCC23)c1. The summed E-state index contributed by atoms with van der Waals surface area (Å²) in [5.74, 6) is -0.127. The highest BCUT2D eigenvalue weighted by Gasteiger charge is 2.36. The predicted octanol–water partition coefficient (Wildman–Crippen LogP) is 1.92. The molecule has 2 unspecified atom stereocenters. The van der Waals surface area contributed by atoms with E-state index in [0.29, 0.717) is 12.1 Å². The monoisotopic (exact) mass is 289 g/mol. The van der Waals surface area contributed by atoms with Gasteiger partial charge in [-0.05, 0) is 44.0 Å². The molecule has 3 rings (SSSR count). The number of nitrogens with one attached hydrogen (secondary N) is 2. The van der Waals surface area contributed by atoms with Crippen LogP contribution in [-0.4, -0.2) is 49.7 Å². The summed E-state index contributed by atoms with van der Waals surface area (Å²) >= 11 is 0. The van der Waals surface area contributed by atoms with Gasteiger partial charge in [0.05, 0.1) is 0 Å². The van der Waals surface area contributed by atoms with E-state index in [1.165, 1.54) is 39.5 Å². The zero-order valence-corrected chi connectivity index (χ0v) is 12.5. The molecule has 0 saturated carbocycles. The van der Waals surface area contributed by atoms with Gasteiger partial charge in [-0.15, -0.1) is 0 Å².